The van der Waals surface area contributed by atoms with E-state index in [0.29, 0.717) is 28.8 Å². The zero-order valence-corrected chi connectivity index (χ0v) is 19.7. The fraction of sp³-hybridized carbons (Fsp3) is 0.269. The van der Waals surface area contributed by atoms with E-state index in [1.165, 1.54) is 23.0 Å². The van der Waals surface area contributed by atoms with Gasteiger partial charge in [-0.15, -0.1) is 11.3 Å². The van der Waals surface area contributed by atoms with E-state index < -0.39 is 5.91 Å². The fourth-order valence-corrected chi connectivity index (χ4v) is 3.99. The molecule has 0 unspecified atom stereocenters. The molecule has 1 heterocycles. The second-order valence-electron chi connectivity index (χ2n) is 7.38. The number of aromatic nitrogens is 1. The summed E-state index contributed by atoms with van der Waals surface area (Å²) in [6.45, 7) is 2.76. The minimum absolute atomic E-state index is 0.0199. The molecule has 0 fully saturated rings. The molecule has 0 aliphatic carbocycles. The lowest BCUT2D eigenvalue weighted by Gasteiger charge is -2.11. The summed E-state index contributed by atoms with van der Waals surface area (Å²) in [5.41, 5.74) is 1.82. The minimum atomic E-state index is -0.503. The van der Waals surface area contributed by atoms with E-state index in [0.717, 1.165) is 30.6 Å². The molecule has 1 amide bonds. The van der Waals surface area contributed by atoms with Crippen LogP contribution in [0.1, 0.15) is 42.2 Å². The third kappa shape index (κ3) is 7.19. The van der Waals surface area contributed by atoms with E-state index in [1.807, 2.05) is 36.4 Å². The molecule has 6 nitrogen and oxygen atoms in total. The topological polar surface area (TPSA) is 84.2 Å². The fourth-order valence-electron chi connectivity index (χ4n) is 3.15. The van der Waals surface area contributed by atoms with Crippen molar-refractivity contribution in [3.63, 3.8) is 0 Å². The summed E-state index contributed by atoms with van der Waals surface area (Å²) in [6.07, 6.45) is 7.21. The van der Waals surface area contributed by atoms with Crippen molar-refractivity contribution < 1.29 is 14.3 Å². The number of hydrogen-bond donors (Lipinski definition) is 1. The van der Waals surface area contributed by atoms with E-state index in [-0.39, 0.29) is 5.57 Å². The molecule has 7 heteroatoms. The van der Waals surface area contributed by atoms with Crippen LogP contribution in [0, 0.1) is 11.3 Å². The highest BCUT2D eigenvalue weighted by atomic mass is 32.1. The van der Waals surface area contributed by atoms with Crippen LogP contribution < -0.4 is 14.8 Å². The number of nitrogens with one attached hydrogen (secondary N) is 1. The van der Waals surface area contributed by atoms with Gasteiger partial charge in [0.05, 0.1) is 13.7 Å². The van der Waals surface area contributed by atoms with Crippen molar-refractivity contribution in [2.24, 2.45) is 0 Å². The first-order valence-corrected chi connectivity index (χ1v) is 11.7. The summed E-state index contributed by atoms with van der Waals surface area (Å²) in [6, 6.07) is 17.4. The Kier molecular flexibility index (Phi) is 9.04. The number of carbonyl (C=O) groups is 1. The van der Waals surface area contributed by atoms with Gasteiger partial charge < -0.3 is 9.47 Å². The number of anilines is 1. The number of amides is 1. The zero-order valence-electron chi connectivity index (χ0n) is 18.8. The van der Waals surface area contributed by atoms with E-state index >= 15 is 0 Å². The summed E-state index contributed by atoms with van der Waals surface area (Å²) in [5, 5.41) is 12.7. The van der Waals surface area contributed by atoms with Crippen molar-refractivity contribution in [2.45, 2.75) is 32.6 Å². The van der Waals surface area contributed by atoms with Crippen LogP contribution in [-0.4, -0.2) is 24.6 Å². The van der Waals surface area contributed by atoms with Crippen molar-refractivity contribution in [1.82, 2.24) is 4.98 Å². The molecular weight excluding hydrogens is 434 g/mol. The summed E-state index contributed by atoms with van der Waals surface area (Å²) in [4.78, 5) is 17.9. The van der Waals surface area contributed by atoms with Crippen molar-refractivity contribution in [1.29, 1.82) is 5.26 Å². The van der Waals surface area contributed by atoms with Crippen LogP contribution in [0.4, 0.5) is 5.13 Å². The zero-order chi connectivity index (χ0) is 23.5. The largest absolute Gasteiger partial charge is 0.493 e. The number of nitrogens with zero attached hydrogens (tertiary/aromatic N) is 2. The number of benzene rings is 2. The monoisotopic (exact) mass is 461 g/mol. The molecule has 0 saturated heterocycles. The van der Waals surface area contributed by atoms with Gasteiger partial charge in [-0.1, -0.05) is 56.2 Å². The smallest absolute Gasteiger partial charge is 0.268 e. The molecule has 1 aromatic heterocycles. The lowest BCUT2D eigenvalue weighted by molar-refractivity contribution is -0.112. The van der Waals surface area contributed by atoms with Crippen molar-refractivity contribution in [3.05, 3.63) is 76.3 Å². The van der Waals surface area contributed by atoms with Gasteiger partial charge in [-0.2, -0.15) is 5.26 Å². The van der Waals surface area contributed by atoms with Crippen LogP contribution in [0.2, 0.25) is 0 Å². The summed E-state index contributed by atoms with van der Waals surface area (Å²) in [5.74, 6) is 0.697. The molecule has 2 aromatic carbocycles. The molecule has 0 radical (unpaired) electrons. The Morgan fingerprint density at radius 1 is 1.18 bits per heavy atom. The maximum Gasteiger partial charge on any atom is 0.268 e. The van der Waals surface area contributed by atoms with Gasteiger partial charge in [0.25, 0.3) is 5.91 Å². The Hall–Kier alpha value is -3.63. The lowest BCUT2D eigenvalue weighted by atomic mass is 10.1. The maximum atomic E-state index is 12.6. The Morgan fingerprint density at radius 2 is 2.00 bits per heavy atom. The normalized spacial score (nSPS) is 11.0. The number of rotatable bonds is 11. The first-order chi connectivity index (χ1) is 16.1. The molecule has 3 rings (SSSR count). The minimum Gasteiger partial charge on any atom is -0.493 e. The van der Waals surface area contributed by atoms with Gasteiger partial charge in [0.2, 0.25) is 0 Å². The molecular formula is C26H27N3O3S. The second kappa shape index (κ2) is 12.4. The molecule has 0 atom stereocenters. The van der Waals surface area contributed by atoms with Crippen LogP contribution in [-0.2, 0) is 11.2 Å². The number of ether oxygens (including phenoxy) is 2. The van der Waals surface area contributed by atoms with Crippen LogP contribution in [0.25, 0.3) is 6.08 Å². The number of methoxy groups -OCH3 is 1. The van der Waals surface area contributed by atoms with Crippen LogP contribution in [0.15, 0.2) is 60.3 Å². The third-order valence-corrected chi connectivity index (χ3v) is 5.78. The van der Waals surface area contributed by atoms with Crippen LogP contribution >= 0.6 is 11.3 Å². The van der Waals surface area contributed by atoms with Crippen LogP contribution in [0.5, 0.6) is 11.5 Å². The Labute approximate surface area is 198 Å². The standard InChI is InChI=1S/C26H27N3O3S/c1-3-4-8-13-32-23-12-11-20(16-24(23)31-2)14-21(17-27)25(30)29-26-28-18-22(33-26)15-19-9-6-5-7-10-19/h5-7,9-12,14,16,18H,3-4,8,13,15H2,1-2H3,(H,28,29,30). The van der Waals surface area contributed by atoms with Gasteiger partial charge in [0.1, 0.15) is 11.6 Å². The summed E-state index contributed by atoms with van der Waals surface area (Å²) in [7, 11) is 1.56. The average molecular weight is 462 g/mol. The number of nitriles is 1. The van der Waals surface area contributed by atoms with E-state index in [9.17, 15) is 10.1 Å². The Bertz CT molecular complexity index is 1130. The van der Waals surface area contributed by atoms with Crippen LogP contribution in [0.3, 0.4) is 0 Å². The molecule has 33 heavy (non-hydrogen) atoms. The molecule has 0 spiro atoms. The highest BCUT2D eigenvalue weighted by Gasteiger charge is 2.13. The van der Waals surface area contributed by atoms with Gasteiger partial charge in [0, 0.05) is 17.5 Å². The van der Waals surface area contributed by atoms with E-state index in [4.69, 9.17) is 9.47 Å². The predicted molar refractivity (Wildman–Crippen MR) is 132 cm³/mol. The summed E-state index contributed by atoms with van der Waals surface area (Å²) < 4.78 is 11.2. The molecule has 1 N–H and O–H groups in total. The first kappa shape index (κ1) is 24.0. The van der Waals surface area contributed by atoms with Crippen molar-refractivity contribution in [2.75, 3.05) is 19.0 Å². The number of hydrogen-bond acceptors (Lipinski definition) is 6. The quantitative estimate of drug-likeness (QED) is 0.220. The highest BCUT2D eigenvalue weighted by molar-refractivity contribution is 7.15. The second-order valence-corrected chi connectivity index (χ2v) is 8.50. The average Bonchev–Trinajstić information content (AvgIpc) is 3.27. The number of thiazole rings is 1. The molecule has 0 aliphatic heterocycles. The number of carbonyl (C=O) groups excluding carboxylic acids is 1. The third-order valence-electron chi connectivity index (χ3n) is 4.86. The van der Waals surface area contributed by atoms with Gasteiger partial charge in [-0.3, -0.25) is 10.1 Å². The van der Waals surface area contributed by atoms with Gasteiger partial charge in [-0.25, -0.2) is 4.98 Å². The molecule has 0 aliphatic rings. The SMILES string of the molecule is CCCCCOc1ccc(C=C(C#N)C(=O)Nc2ncc(Cc3ccccc3)s2)cc1OC. The molecule has 3 aromatic rings. The summed E-state index contributed by atoms with van der Waals surface area (Å²) >= 11 is 1.39. The Morgan fingerprint density at radius 3 is 2.73 bits per heavy atom. The maximum absolute atomic E-state index is 12.6. The van der Waals surface area contributed by atoms with Crippen molar-refractivity contribution in [3.8, 4) is 17.6 Å². The lowest BCUT2D eigenvalue weighted by Crippen LogP contribution is -2.13. The van der Waals surface area contributed by atoms with Gasteiger partial charge in [-0.05, 0) is 35.8 Å². The first-order valence-electron chi connectivity index (χ1n) is 10.9. The van der Waals surface area contributed by atoms with Crippen molar-refractivity contribution >= 4 is 28.5 Å². The predicted octanol–water partition coefficient (Wildman–Crippen LogP) is 5.86. The number of unbranched alkanes of at least 4 members (excludes halogenated alkanes) is 2. The Balaban J connectivity index is 1.66. The molecule has 0 bridgehead atoms. The molecule has 0 saturated carbocycles. The highest BCUT2D eigenvalue weighted by Crippen LogP contribution is 2.29. The van der Waals surface area contributed by atoms with E-state index in [1.54, 1.807) is 31.5 Å². The van der Waals surface area contributed by atoms with E-state index in [2.05, 4.69) is 17.2 Å². The molecule has 170 valence electrons. The van der Waals surface area contributed by atoms with Gasteiger partial charge >= 0.3 is 0 Å². The van der Waals surface area contributed by atoms with Gasteiger partial charge in [0.15, 0.2) is 16.6 Å².